The highest BCUT2D eigenvalue weighted by Crippen LogP contribution is 2.25. The van der Waals surface area contributed by atoms with E-state index in [1.165, 1.54) is 0 Å². The van der Waals surface area contributed by atoms with E-state index >= 15 is 0 Å². The molecule has 2 rings (SSSR count). The molecule has 0 aromatic heterocycles. The fraction of sp³-hybridized carbons (Fsp3) is 0.333. The highest BCUT2D eigenvalue weighted by atomic mass is 16.5. The van der Waals surface area contributed by atoms with Gasteiger partial charge in [-0.2, -0.15) is 0 Å². The van der Waals surface area contributed by atoms with Gasteiger partial charge in [-0.05, 0) is 42.2 Å². The number of carbonyl (C=O) groups excluding carboxylic acids is 2. The monoisotopic (exact) mass is 244 g/mol. The number of rotatable bonds is 4. The normalized spacial score (nSPS) is 14.5. The van der Waals surface area contributed by atoms with Crippen molar-refractivity contribution >= 4 is 17.3 Å². The van der Waals surface area contributed by atoms with E-state index in [-0.39, 0.29) is 11.8 Å². The van der Waals surface area contributed by atoms with Gasteiger partial charge in [0.15, 0.2) is 5.78 Å². The van der Waals surface area contributed by atoms with Crippen molar-refractivity contribution in [3.8, 4) is 0 Å². The van der Waals surface area contributed by atoms with Gasteiger partial charge in [-0.1, -0.05) is 19.1 Å². The van der Waals surface area contributed by atoms with Crippen LogP contribution in [0.3, 0.4) is 0 Å². The van der Waals surface area contributed by atoms with Crippen molar-refractivity contribution in [1.82, 2.24) is 0 Å². The molecule has 3 heteroatoms. The Hall–Kier alpha value is -1.90. The first-order valence-electron chi connectivity index (χ1n) is 6.21. The molecule has 0 unspecified atom stereocenters. The summed E-state index contributed by atoms with van der Waals surface area (Å²) in [6.45, 7) is 2.40. The van der Waals surface area contributed by atoms with Gasteiger partial charge in [0, 0.05) is 6.42 Å². The number of carbonyl (C=O) groups is 2. The third-order valence-electron chi connectivity index (χ3n) is 2.90. The largest absolute Gasteiger partial charge is 0.462 e. The Bertz CT molecular complexity index is 483. The van der Waals surface area contributed by atoms with Gasteiger partial charge >= 0.3 is 5.97 Å². The van der Waals surface area contributed by atoms with E-state index in [4.69, 9.17) is 4.74 Å². The summed E-state index contributed by atoms with van der Waals surface area (Å²) in [5, 5.41) is 0. The zero-order valence-corrected chi connectivity index (χ0v) is 10.4. The summed E-state index contributed by atoms with van der Waals surface area (Å²) in [5.41, 5.74) is 2.61. The molecule has 1 aromatic rings. The van der Waals surface area contributed by atoms with Crippen molar-refractivity contribution in [3.63, 3.8) is 0 Å². The van der Waals surface area contributed by atoms with Crippen LogP contribution in [0.25, 0.3) is 5.57 Å². The van der Waals surface area contributed by atoms with E-state index in [2.05, 4.69) is 0 Å². The third-order valence-corrected chi connectivity index (χ3v) is 2.90. The molecular weight excluding hydrogens is 228 g/mol. The Kier molecular flexibility index (Phi) is 3.92. The summed E-state index contributed by atoms with van der Waals surface area (Å²) in [6, 6.07) is 7.23. The molecule has 0 fully saturated rings. The fourth-order valence-electron chi connectivity index (χ4n) is 1.92. The second-order valence-electron chi connectivity index (χ2n) is 4.35. The molecule has 0 aliphatic heterocycles. The summed E-state index contributed by atoms with van der Waals surface area (Å²) >= 11 is 0. The molecule has 0 heterocycles. The summed E-state index contributed by atoms with van der Waals surface area (Å²) < 4.78 is 5.05. The van der Waals surface area contributed by atoms with Crippen LogP contribution in [0, 0.1) is 0 Å². The van der Waals surface area contributed by atoms with Crippen LogP contribution >= 0.6 is 0 Å². The van der Waals surface area contributed by atoms with E-state index in [1.54, 1.807) is 18.2 Å². The van der Waals surface area contributed by atoms with E-state index in [0.29, 0.717) is 18.6 Å². The van der Waals surface area contributed by atoms with Gasteiger partial charge in [-0.15, -0.1) is 0 Å². The zero-order valence-electron chi connectivity index (χ0n) is 10.4. The van der Waals surface area contributed by atoms with Gasteiger partial charge in [0.25, 0.3) is 0 Å². The maximum Gasteiger partial charge on any atom is 0.338 e. The molecule has 94 valence electrons. The molecule has 0 spiro atoms. The summed E-state index contributed by atoms with van der Waals surface area (Å²) in [4.78, 5) is 22.8. The van der Waals surface area contributed by atoms with Crippen molar-refractivity contribution in [2.45, 2.75) is 26.2 Å². The predicted octanol–water partition coefficient (Wildman–Crippen LogP) is 3.00. The lowest BCUT2D eigenvalue weighted by Gasteiger charge is -2.05. The van der Waals surface area contributed by atoms with E-state index in [9.17, 15) is 9.59 Å². The highest BCUT2D eigenvalue weighted by Gasteiger charge is 2.14. The Labute approximate surface area is 106 Å². The first kappa shape index (κ1) is 12.6. The molecule has 1 aromatic carbocycles. The number of ketones is 1. The maximum absolute atomic E-state index is 11.6. The minimum absolute atomic E-state index is 0.177. The lowest BCUT2D eigenvalue weighted by Crippen LogP contribution is -2.05. The number of ether oxygens (including phenoxy) is 1. The Balaban J connectivity index is 2.08. The molecule has 1 aliphatic carbocycles. The van der Waals surface area contributed by atoms with Crippen LogP contribution in [0.15, 0.2) is 30.3 Å². The number of hydrogen-bond donors (Lipinski definition) is 0. The van der Waals surface area contributed by atoms with Crippen molar-refractivity contribution in [2.24, 2.45) is 0 Å². The van der Waals surface area contributed by atoms with Crippen LogP contribution in [0.4, 0.5) is 0 Å². The van der Waals surface area contributed by atoms with Crippen LogP contribution in [-0.4, -0.2) is 18.4 Å². The quantitative estimate of drug-likeness (QED) is 0.765. The molecule has 0 saturated carbocycles. The minimum atomic E-state index is -0.292. The number of allylic oxidation sites excluding steroid dienone is 2. The summed E-state index contributed by atoms with van der Waals surface area (Å²) in [7, 11) is 0. The average molecular weight is 244 g/mol. The second-order valence-corrected chi connectivity index (χ2v) is 4.35. The first-order chi connectivity index (χ1) is 8.70. The van der Waals surface area contributed by atoms with E-state index < -0.39 is 0 Å². The number of benzene rings is 1. The molecular formula is C15H16O3. The van der Waals surface area contributed by atoms with Gasteiger partial charge in [0.2, 0.25) is 0 Å². The molecule has 0 bridgehead atoms. The molecule has 0 radical (unpaired) electrons. The minimum Gasteiger partial charge on any atom is -0.462 e. The summed E-state index contributed by atoms with van der Waals surface area (Å²) in [6.07, 6.45) is 3.89. The van der Waals surface area contributed by atoms with Gasteiger partial charge in [-0.25, -0.2) is 4.79 Å². The number of esters is 1. The molecule has 0 amide bonds. The maximum atomic E-state index is 11.6. The molecule has 1 aliphatic rings. The lowest BCUT2D eigenvalue weighted by molar-refractivity contribution is -0.114. The van der Waals surface area contributed by atoms with E-state index in [1.807, 2.05) is 19.1 Å². The first-order valence-corrected chi connectivity index (χ1v) is 6.21. The van der Waals surface area contributed by atoms with Crippen LogP contribution in [0.2, 0.25) is 0 Å². The Morgan fingerprint density at radius 1 is 1.22 bits per heavy atom. The fourth-order valence-corrected chi connectivity index (χ4v) is 1.92. The van der Waals surface area contributed by atoms with Crippen molar-refractivity contribution in [1.29, 1.82) is 0 Å². The molecule has 0 saturated heterocycles. The Morgan fingerprint density at radius 2 is 1.94 bits per heavy atom. The standard InChI is InChI=1S/C15H16O3/c1-2-9-18-15(17)12-5-3-11(4-6-12)13-7-8-14(16)10-13/h3-6,10H,2,7-9H2,1H3. The SMILES string of the molecule is CCCOC(=O)c1ccc(C2=CC(=O)CC2)cc1. The Morgan fingerprint density at radius 3 is 2.50 bits per heavy atom. The van der Waals surface area contributed by atoms with Crippen LogP contribution < -0.4 is 0 Å². The molecule has 18 heavy (non-hydrogen) atoms. The topological polar surface area (TPSA) is 43.4 Å². The van der Waals surface area contributed by atoms with Crippen LogP contribution in [0.5, 0.6) is 0 Å². The van der Waals surface area contributed by atoms with Crippen molar-refractivity contribution in [3.05, 3.63) is 41.5 Å². The second kappa shape index (κ2) is 5.63. The van der Waals surface area contributed by atoms with Gasteiger partial charge in [0.05, 0.1) is 12.2 Å². The highest BCUT2D eigenvalue weighted by molar-refractivity contribution is 6.01. The van der Waals surface area contributed by atoms with Crippen LogP contribution in [-0.2, 0) is 9.53 Å². The lowest BCUT2D eigenvalue weighted by atomic mass is 10.0. The number of hydrogen-bond acceptors (Lipinski definition) is 3. The predicted molar refractivity (Wildman–Crippen MR) is 69.2 cm³/mol. The molecule has 0 atom stereocenters. The van der Waals surface area contributed by atoms with Crippen LogP contribution in [0.1, 0.15) is 42.1 Å². The molecule has 3 nitrogen and oxygen atoms in total. The van der Waals surface area contributed by atoms with Gasteiger partial charge in [-0.3, -0.25) is 4.79 Å². The van der Waals surface area contributed by atoms with Crippen molar-refractivity contribution in [2.75, 3.05) is 6.61 Å². The van der Waals surface area contributed by atoms with Gasteiger partial charge < -0.3 is 4.74 Å². The molecule has 0 N–H and O–H groups in total. The van der Waals surface area contributed by atoms with Gasteiger partial charge in [0.1, 0.15) is 0 Å². The third kappa shape index (κ3) is 2.86. The summed E-state index contributed by atoms with van der Waals surface area (Å²) in [5.74, 6) is -0.115. The zero-order chi connectivity index (χ0) is 13.0. The van der Waals surface area contributed by atoms with E-state index in [0.717, 1.165) is 24.0 Å². The van der Waals surface area contributed by atoms with Crippen molar-refractivity contribution < 1.29 is 14.3 Å². The average Bonchev–Trinajstić information content (AvgIpc) is 2.83. The smallest absolute Gasteiger partial charge is 0.338 e.